The number of hydrogen-bond donors (Lipinski definition) is 0. The summed E-state index contributed by atoms with van der Waals surface area (Å²) in [6, 6.07) is 0.671. The van der Waals surface area contributed by atoms with Crippen LogP contribution in [-0.4, -0.2) is 20.5 Å². The molecule has 0 aliphatic rings. The second-order valence-electron chi connectivity index (χ2n) is 2.09. The molecule has 0 unspecified atom stereocenters. The molecule has 0 aromatic carbocycles. The molecule has 0 amide bonds. The fourth-order valence-corrected chi connectivity index (χ4v) is 1.23. The van der Waals surface area contributed by atoms with Crippen LogP contribution in [0.2, 0.25) is 0 Å². The van der Waals surface area contributed by atoms with Gasteiger partial charge in [-0.15, -0.1) is 3.89 Å². The van der Waals surface area contributed by atoms with Crippen molar-refractivity contribution in [2.24, 2.45) is 0 Å². The first-order chi connectivity index (χ1) is 5.95. The number of aromatic nitrogens is 1. The molecule has 13 heavy (non-hydrogen) atoms. The fraction of sp³-hybridized carbons (Fsp3) is 0.167. The molecule has 0 atom stereocenters. The lowest BCUT2D eigenvalue weighted by atomic mass is 10.5. The highest BCUT2D eigenvalue weighted by Crippen LogP contribution is 2.19. The average Bonchev–Trinajstić information content (AvgIpc) is 2.03. The molecule has 0 N–H and O–H groups in total. The van der Waals surface area contributed by atoms with Crippen LogP contribution in [0, 0.1) is 5.82 Å². The molecule has 0 saturated heterocycles. The number of hydrogen-bond acceptors (Lipinski definition) is 4. The molecule has 1 rings (SSSR count). The van der Waals surface area contributed by atoms with E-state index in [-0.39, 0.29) is 5.88 Å². The van der Waals surface area contributed by atoms with E-state index >= 15 is 0 Å². The minimum atomic E-state index is -5.06. The zero-order chi connectivity index (χ0) is 10.1. The minimum absolute atomic E-state index is 0.169. The SMILES string of the molecule is COc1cc(S(=O)(=O)F)c(F)cn1. The number of ether oxygens (including phenoxy) is 1. The second-order valence-corrected chi connectivity index (χ2v) is 3.41. The van der Waals surface area contributed by atoms with Gasteiger partial charge in [0, 0.05) is 6.07 Å². The Hall–Kier alpha value is -1.24. The standard InChI is InChI=1S/C6H5F2NO3S/c1-12-6-2-5(13(8,10)11)4(7)3-9-6/h2-3H,1H3. The van der Waals surface area contributed by atoms with Gasteiger partial charge < -0.3 is 4.74 Å². The molecule has 7 heteroatoms. The predicted octanol–water partition coefficient (Wildman–Crippen LogP) is 0.887. The first-order valence-electron chi connectivity index (χ1n) is 3.09. The zero-order valence-corrected chi connectivity index (χ0v) is 7.31. The van der Waals surface area contributed by atoms with Crippen molar-refractivity contribution < 1.29 is 21.4 Å². The first kappa shape index (κ1) is 9.85. The zero-order valence-electron chi connectivity index (χ0n) is 6.49. The lowest BCUT2D eigenvalue weighted by molar-refractivity contribution is 0.392. The van der Waals surface area contributed by atoms with Crippen molar-refractivity contribution in [3.05, 3.63) is 18.1 Å². The molecule has 1 aromatic rings. The summed E-state index contributed by atoms with van der Waals surface area (Å²) in [5.41, 5.74) is 0. The summed E-state index contributed by atoms with van der Waals surface area (Å²) in [6.07, 6.45) is 0.575. The van der Waals surface area contributed by atoms with Crippen LogP contribution in [0.4, 0.5) is 8.28 Å². The summed E-state index contributed by atoms with van der Waals surface area (Å²) < 4.78 is 50.2. The maximum Gasteiger partial charge on any atom is 0.335 e. The van der Waals surface area contributed by atoms with Crippen LogP contribution >= 0.6 is 0 Å². The molecule has 0 fully saturated rings. The van der Waals surface area contributed by atoms with Gasteiger partial charge in [0.1, 0.15) is 4.90 Å². The summed E-state index contributed by atoms with van der Waals surface area (Å²) in [4.78, 5) is 2.27. The summed E-state index contributed by atoms with van der Waals surface area (Å²) in [7, 11) is -3.86. The van der Waals surface area contributed by atoms with Crippen LogP contribution in [0.15, 0.2) is 17.2 Å². The van der Waals surface area contributed by atoms with Crippen molar-refractivity contribution in [3.63, 3.8) is 0 Å². The number of halogens is 2. The molecule has 0 aliphatic heterocycles. The predicted molar refractivity (Wildman–Crippen MR) is 39.0 cm³/mol. The topological polar surface area (TPSA) is 56.3 Å². The Kier molecular flexibility index (Phi) is 2.46. The lowest BCUT2D eigenvalue weighted by Gasteiger charge is -2.00. The fourth-order valence-electron chi connectivity index (χ4n) is 0.701. The Balaban J connectivity index is 3.36. The quantitative estimate of drug-likeness (QED) is 0.678. The van der Waals surface area contributed by atoms with E-state index in [9.17, 15) is 16.7 Å². The molecule has 0 spiro atoms. The van der Waals surface area contributed by atoms with Gasteiger partial charge in [0.2, 0.25) is 5.88 Å². The van der Waals surface area contributed by atoms with E-state index in [1.54, 1.807) is 0 Å². The van der Waals surface area contributed by atoms with Crippen molar-refractivity contribution in [2.75, 3.05) is 7.11 Å². The largest absolute Gasteiger partial charge is 0.481 e. The number of pyridine rings is 1. The van der Waals surface area contributed by atoms with Gasteiger partial charge in [0.25, 0.3) is 0 Å². The maximum atomic E-state index is 12.7. The summed E-state index contributed by atoms with van der Waals surface area (Å²) >= 11 is 0. The third-order valence-electron chi connectivity index (χ3n) is 1.27. The second kappa shape index (κ2) is 3.25. The van der Waals surface area contributed by atoms with Gasteiger partial charge in [-0.2, -0.15) is 8.42 Å². The van der Waals surface area contributed by atoms with Gasteiger partial charge in [-0.3, -0.25) is 0 Å². The number of methoxy groups -OCH3 is 1. The van der Waals surface area contributed by atoms with Crippen LogP contribution < -0.4 is 4.74 Å². The Morgan fingerprint density at radius 3 is 2.62 bits per heavy atom. The van der Waals surface area contributed by atoms with Gasteiger partial charge in [-0.25, -0.2) is 9.37 Å². The minimum Gasteiger partial charge on any atom is -0.481 e. The Labute approximate surface area is 73.4 Å². The normalized spacial score (nSPS) is 11.3. The van der Waals surface area contributed by atoms with Crippen LogP contribution in [0.5, 0.6) is 5.88 Å². The van der Waals surface area contributed by atoms with Crippen molar-refractivity contribution in [2.45, 2.75) is 4.90 Å². The van der Waals surface area contributed by atoms with E-state index in [1.165, 1.54) is 7.11 Å². The molecule has 0 saturated carbocycles. The van der Waals surface area contributed by atoms with Crippen molar-refractivity contribution >= 4 is 10.2 Å². The Bertz CT molecular complexity index is 418. The van der Waals surface area contributed by atoms with Crippen LogP contribution in [0.3, 0.4) is 0 Å². The monoisotopic (exact) mass is 209 g/mol. The third kappa shape index (κ3) is 2.11. The molecule has 1 aromatic heterocycles. The lowest BCUT2D eigenvalue weighted by Crippen LogP contribution is -1.99. The highest BCUT2D eigenvalue weighted by atomic mass is 32.3. The van der Waals surface area contributed by atoms with Crippen LogP contribution in [-0.2, 0) is 10.2 Å². The smallest absolute Gasteiger partial charge is 0.335 e. The molecule has 4 nitrogen and oxygen atoms in total. The average molecular weight is 209 g/mol. The van der Waals surface area contributed by atoms with Crippen molar-refractivity contribution in [3.8, 4) is 5.88 Å². The van der Waals surface area contributed by atoms with E-state index in [4.69, 9.17) is 0 Å². The van der Waals surface area contributed by atoms with Crippen molar-refractivity contribution in [1.29, 1.82) is 0 Å². The summed E-state index contributed by atoms with van der Waals surface area (Å²) in [6.45, 7) is 0. The molecule has 1 heterocycles. The highest BCUT2D eigenvalue weighted by molar-refractivity contribution is 7.86. The molecular formula is C6H5F2NO3S. The van der Waals surface area contributed by atoms with E-state index in [0.29, 0.717) is 12.3 Å². The van der Waals surface area contributed by atoms with Crippen LogP contribution in [0.1, 0.15) is 0 Å². The van der Waals surface area contributed by atoms with Gasteiger partial charge >= 0.3 is 10.2 Å². The third-order valence-corrected chi connectivity index (χ3v) is 2.11. The molecular weight excluding hydrogens is 204 g/mol. The first-order valence-corrected chi connectivity index (χ1v) is 4.47. The van der Waals surface area contributed by atoms with Gasteiger partial charge in [0.15, 0.2) is 5.82 Å². The van der Waals surface area contributed by atoms with E-state index in [0.717, 1.165) is 0 Å². The van der Waals surface area contributed by atoms with Crippen molar-refractivity contribution in [1.82, 2.24) is 4.98 Å². The molecule has 72 valence electrons. The molecule has 0 aliphatic carbocycles. The number of rotatable bonds is 2. The van der Waals surface area contributed by atoms with E-state index in [1.807, 2.05) is 0 Å². The maximum absolute atomic E-state index is 12.7. The van der Waals surface area contributed by atoms with Gasteiger partial charge in [-0.05, 0) is 0 Å². The van der Waals surface area contributed by atoms with E-state index in [2.05, 4.69) is 9.72 Å². The molecule has 0 bridgehead atoms. The van der Waals surface area contributed by atoms with E-state index < -0.39 is 20.9 Å². The highest BCUT2D eigenvalue weighted by Gasteiger charge is 2.19. The summed E-state index contributed by atoms with van der Waals surface area (Å²) in [5.74, 6) is -1.42. The number of nitrogens with zero attached hydrogens (tertiary/aromatic N) is 1. The Morgan fingerprint density at radius 1 is 1.54 bits per heavy atom. The summed E-state index contributed by atoms with van der Waals surface area (Å²) in [5, 5.41) is 0. The van der Waals surface area contributed by atoms with Crippen LogP contribution in [0.25, 0.3) is 0 Å². The van der Waals surface area contributed by atoms with Gasteiger partial charge in [0.05, 0.1) is 13.3 Å². The Morgan fingerprint density at radius 2 is 2.15 bits per heavy atom. The van der Waals surface area contributed by atoms with Gasteiger partial charge in [-0.1, -0.05) is 0 Å². The molecule has 0 radical (unpaired) electrons.